The van der Waals surface area contributed by atoms with Crippen molar-refractivity contribution in [3.63, 3.8) is 0 Å². The maximum Gasteiger partial charge on any atom is 0.269 e. The molecular weight excluding hydrogens is 344 g/mol. The first-order valence-corrected chi connectivity index (χ1v) is 9.73. The van der Waals surface area contributed by atoms with Gasteiger partial charge in [-0.05, 0) is 30.9 Å². The summed E-state index contributed by atoms with van der Waals surface area (Å²) in [5.41, 5.74) is 1.21. The van der Waals surface area contributed by atoms with Crippen LogP contribution in [0.1, 0.15) is 12.8 Å². The normalized spacial score (nSPS) is 19.5. The van der Waals surface area contributed by atoms with Crippen molar-refractivity contribution in [1.29, 1.82) is 0 Å². The van der Waals surface area contributed by atoms with Gasteiger partial charge in [0.2, 0.25) is 5.91 Å². The van der Waals surface area contributed by atoms with Gasteiger partial charge in [0, 0.05) is 32.7 Å². The van der Waals surface area contributed by atoms with Crippen LogP contribution >= 0.6 is 0 Å². The summed E-state index contributed by atoms with van der Waals surface area (Å²) in [5.74, 6) is 0.648. The SMILES string of the molecule is O=C(Cn1c(=O)cnc2ccccc21)N1CCC(CN2CCOCC2)CC1. The lowest BCUT2D eigenvalue weighted by Gasteiger charge is -2.36. The molecule has 2 aromatic rings. The molecule has 0 atom stereocenters. The average Bonchev–Trinajstić information content (AvgIpc) is 2.71. The van der Waals surface area contributed by atoms with Gasteiger partial charge in [0.15, 0.2) is 0 Å². The summed E-state index contributed by atoms with van der Waals surface area (Å²) in [4.78, 5) is 33.5. The molecule has 1 amide bonds. The van der Waals surface area contributed by atoms with Crippen LogP contribution < -0.4 is 5.56 Å². The number of rotatable bonds is 4. The Morgan fingerprint density at radius 3 is 2.63 bits per heavy atom. The molecule has 0 spiro atoms. The predicted molar refractivity (Wildman–Crippen MR) is 103 cm³/mol. The number of piperidine rings is 1. The number of nitrogens with zero attached hydrogens (tertiary/aromatic N) is 4. The summed E-state index contributed by atoms with van der Waals surface area (Å²) in [6.07, 6.45) is 3.34. The van der Waals surface area contributed by atoms with Crippen molar-refractivity contribution in [2.24, 2.45) is 5.92 Å². The van der Waals surface area contributed by atoms with Crippen LogP contribution in [-0.2, 0) is 16.1 Å². The number of hydrogen-bond donors (Lipinski definition) is 0. The number of carbonyl (C=O) groups excluding carboxylic acids is 1. The number of para-hydroxylation sites is 2. The van der Waals surface area contributed by atoms with Gasteiger partial charge in [-0.15, -0.1) is 0 Å². The Morgan fingerprint density at radius 2 is 1.85 bits per heavy atom. The highest BCUT2D eigenvalue weighted by Crippen LogP contribution is 2.19. The van der Waals surface area contributed by atoms with E-state index in [2.05, 4.69) is 9.88 Å². The van der Waals surface area contributed by atoms with Gasteiger partial charge in [0.1, 0.15) is 6.54 Å². The Balaban J connectivity index is 1.36. The highest BCUT2D eigenvalue weighted by atomic mass is 16.5. The summed E-state index contributed by atoms with van der Waals surface area (Å²) >= 11 is 0. The van der Waals surface area contributed by atoms with Crippen LogP contribution in [-0.4, -0.2) is 71.2 Å². The second-order valence-corrected chi connectivity index (χ2v) is 7.41. The summed E-state index contributed by atoms with van der Waals surface area (Å²) in [6, 6.07) is 7.44. The number of carbonyl (C=O) groups is 1. The zero-order chi connectivity index (χ0) is 18.6. The molecule has 7 nitrogen and oxygen atoms in total. The van der Waals surface area contributed by atoms with E-state index in [-0.39, 0.29) is 18.0 Å². The highest BCUT2D eigenvalue weighted by molar-refractivity contribution is 5.80. The van der Waals surface area contributed by atoms with Gasteiger partial charge in [-0.1, -0.05) is 12.1 Å². The first kappa shape index (κ1) is 18.1. The second-order valence-electron chi connectivity index (χ2n) is 7.41. The quantitative estimate of drug-likeness (QED) is 0.802. The lowest BCUT2D eigenvalue weighted by Crippen LogP contribution is -2.45. The fraction of sp³-hybridized carbons (Fsp3) is 0.550. The molecule has 7 heteroatoms. The number of ether oxygens (including phenoxy) is 1. The third-order valence-electron chi connectivity index (χ3n) is 5.63. The molecule has 0 saturated carbocycles. The highest BCUT2D eigenvalue weighted by Gasteiger charge is 2.25. The molecule has 0 aliphatic carbocycles. The number of benzene rings is 1. The van der Waals surface area contributed by atoms with E-state index < -0.39 is 0 Å². The molecule has 2 aliphatic heterocycles. The van der Waals surface area contributed by atoms with Crippen molar-refractivity contribution in [3.8, 4) is 0 Å². The Hall–Kier alpha value is -2.25. The topological polar surface area (TPSA) is 67.7 Å². The van der Waals surface area contributed by atoms with Gasteiger partial charge >= 0.3 is 0 Å². The Bertz CT molecular complexity index is 852. The van der Waals surface area contributed by atoms with Gasteiger partial charge in [0.05, 0.1) is 30.4 Å². The Kier molecular flexibility index (Phi) is 5.50. The minimum atomic E-state index is -0.232. The summed E-state index contributed by atoms with van der Waals surface area (Å²) in [5, 5.41) is 0. The lowest BCUT2D eigenvalue weighted by molar-refractivity contribution is -0.133. The molecular formula is C20H26N4O3. The van der Waals surface area contributed by atoms with Crippen molar-refractivity contribution >= 4 is 16.9 Å². The van der Waals surface area contributed by atoms with Crippen LogP contribution in [0, 0.1) is 5.92 Å². The molecule has 0 bridgehead atoms. The van der Waals surface area contributed by atoms with Crippen LogP contribution in [0.15, 0.2) is 35.3 Å². The van der Waals surface area contributed by atoms with E-state index in [0.29, 0.717) is 11.4 Å². The van der Waals surface area contributed by atoms with Gasteiger partial charge in [-0.3, -0.25) is 19.1 Å². The molecule has 2 saturated heterocycles. The van der Waals surface area contributed by atoms with Crippen LogP contribution in [0.4, 0.5) is 0 Å². The summed E-state index contributed by atoms with van der Waals surface area (Å²) < 4.78 is 6.94. The standard InChI is InChI=1S/C20H26N4O3/c25-19-13-21-17-3-1-2-4-18(17)24(19)15-20(26)23-7-5-16(6-8-23)14-22-9-11-27-12-10-22/h1-4,13,16H,5-12,14-15H2. The number of amides is 1. The van der Waals surface area contributed by atoms with E-state index >= 15 is 0 Å². The maximum absolute atomic E-state index is 12.8. The van der Waals surface area contributed by atoms with Crippen LogP contribution in [0.5, 0.6) is 0 Å². The molecule has 1 aromatic heterocycles. The number of likely N-dealkylation sites (tertiary alicyclic amines) is 1. The van der Waals surface area contributed by atoms with E-state index in [1.54, 1.807) is 0 Å². The first-order valence-electron chi connectivity index (χ1n) is 9.73. The Labute approximate surface area is 158 Å². The summed E-state index contributed by atoms with van der Waals surface area (Å²) in [6.45, 7) is 6.39. The van der Waals surface area contributed by atoms with E-state index in [0.717, 1.165) is 64.3 Å². The van der Waals surface area contributed by atoms with E-state index in [9.17, 15) is 9.59 Å². The zero-order valence-corrected chi connectivity index (χ0v) is 15.5. The molecule has 2 aliphatic rings. The van der Waals surface area contributed by atoms with Crippen molar-refractivity contribution in [2.75, 3.05) is 45.9 Å². The maximum atomic E-state index is 12.8. The molecule has 1 aromatic carbocycles. The zero-order valence-electron chi connectivity index (χ0n) is 15.5. The third-order valence-corrected chi connectivity index (χ3v) is 5.63. The van der Waals surface area contributed by atoms with Crippen molar-refractivity contribution < 1.29 is 9.53 Å². The molecule has 0 unspecified atom stereocenters. The van der Waals surface area contributed by atoms with Crippen molar-refractivity contribution in [3.05, 3.63) is 40.8 Å². The van der Waals surface area contributed by atoms with E-state index in [1.807, 2.05) is 29.2 Å². The number of aromatic nitrogens is 2. The Morgan fingerprint density at radius 1 is 1.11 bits per heavy atom. The van der Waals surface area contributed by atoms with Gasteiger partial charge in [-0.25, -0.2) is 4.98 Å². The number of morpholine rings is 1. The largest absolute Gasteiger partial charge is 0.379 e. The first-order chi connectivity index (χ1) is 13.2. The fourth-order valence-corrected chi connectivity index (χ4v) is 4.03. The van der Waals surface area contributed by atoms with Crippen LogP contribution in [0.2, 0.25) is 0 Å². The van der Waals surface area contributed by atoms with Gasteiger partial charge in [-0.2, -0.15) is 0 Å². The third kappa shape index (κ3) is 4.20. The van der Waals surface area contributed by atoms with Crippen molar-refractivity contribution in [2.45, 2.75) is 19.4 Å². The molecule has 3 heterocycles. The minimum absolute atomic E-state index is 0.0123. The summed E-state index contributed by atoms with van der Waals surface area (Å²) in [7, 11) is 0. The molecule has 0 radical (unpaired) electrons. The molecule has 2 fully saturated rings. The average molecular weight is 370 g/mol. The van der Waals surface area contributed by atoms with Crippen molar-refractivity contribution in [1.82, 2.24) is 19.4 Å². The molecule has 0 N–H and O–H groups in total. The fourth-order valence-electron chi connectivity index (χ4n) is 4.03. The van der Waals surface area contributed by atoms with Crippen LogP contribution in [0.3, 0.4) is 0 Å². The van der Waals surface area contributed by atoms with E-state index in [4.69, 9.17) is 4.74 Å². The van der Waals surface area contributed by atoms with Crippen LogP contribution in [0.25, 0.3) is 11.0 Å². The molecule has 144 valence electrons. The monoisotopic (exact) mass is 370 g/mol. The second kappa shape index (κ2) is 8.19. The molecule has 4 rings (SSSR count). The minimum Gasteiger partial charge on any atom is -0.379 e. The molecule has 27 heavy (non-hydrogen) atoms. The van der Waals surface area contributed by atoms with Gasteiger partial charge in [0.25, 0.3) is 5.56 Å². The predicted octanol–water partition coefficient (Wildman–Crippen LogP) is 0.967. The van der Waals surface area contributed by atoms with E-state index in [1.165, 1.54) is 10.8 Å². The van der Waals surface area contributed by atoms with Gasteiger partial charge < -0.3 is 9.64 Å². The smallest absolute Gasteiger partial charge is 0.269 e. The number of fused-ring (bicyclic) bond motifs is 1. The number of hydrogen-bond acceptors (Lipinski definition) is 5. The lowest BCUT2D eigenvalue weighted by atomic mass is 9.96.